The van der Waals surface area contributed by atoms with E-state index in [1.165, 1.54) is 16.5 Å². The first kappa shape index (κ1) is 24.4. The number of nitrogens with one attached hydrogen (secondary N) is 2. The second-order valence-electron chi connectivity index (χ2n) is 7.88. The molecule has 1 atom stereocenters. The van der Waals surface area contributed by atoms with Crippen molar-refractivity contribution in [2.24, 2.45) is 0 Å². The molecule has 2 N–H and O–H groups in total. The molecule has 0 radical (unpaired) electrons. The lowest BCUT2D eigenvalue weighted by Gasteiger charge is -2.29. The van der Waals surface area contributed by atoms with E-state index in [0.29, 0.717) is 11.3 Å². The number of anilines is 1. The van der Waals surface area contributed by atoms with Gasteiger partial charge in [0.25, 0.3) is 0 Å². The minimum absolute atomic E-state index is 0.150. The lowest BCUT2D eigenvalue weighted by atomic mass is 10.1. The molecule has 1 aliphatic heterocycles. The summed E-state index contributed by atoms with van der Waals surface area (Å²) in [4.78, 5) is 25.7. The fourth-order valence-corrected chi connectivity index (χ4v) is 3.44. The van der Waals surface area contributed by atoms with Crippen LogP contribution in [0.3, 0.4) is 0 Å². The van der Waals surface area contributed by atoms with Crippen LogP contribution in [0.1, 0.15) is 35.2 Å². The Morgan fingerprint density at radius 1 is 1.15 bits per heavy atom. The Morgan fingerprint density at radius 2 is 1.88 bits per heavy atom. The van der Waals surface area contributed by atoms with Gasteiger partial charge < -0.3 is 15.5 Å². The molecule has 0 bridgehead atoms. The summed E-state index contributed by atoms with van der Waals surface area (Å²) in [6, 6.07) is 19.2. The fourth-order valence-electron chi connectivity index (χ4n) is 3.44. The van der Waals surface area contributed by atoms with E-state index in [2.05, 4.69) is 29.7 Å². The maximum Gasteiger partial charge on any atom is 0.322 e. The number of amides is 3. The van der Waals surface area contributed by atoms with Gasteiger partial charge in [-0.05, 0) is 43.7 Å². The van der Waals surface area contributed by atoms with Gasteiger partial charge in [-0.3, -0.25) is 4.79 Å². The first-order valence-corrected chi connectivity index (χ1v) is 10.6. The molecule has 6 nitrogen and oxygen atoms in total. The molecule has 4 rings (SSSR count). The zero-order valence-corrected chi connectivity index (χ0v) is 18.8. The van der Waals surface area contributed by atoms with Crippen LogP contribution in [0.2, 0.25) is 0 Å². The summed E-state index contributed by atoms with van der Waals surface area (Å²) in [5, 5.41) is 14.2. The summed E-state index contributed by atoms with van der Waals surface area (Å²) in [6.45, 7) is 3.58. The van der Waals surface area contributed by atoms with E-state index in [1.807, 2.05) is 24.3 Å². The second kappa shape index (κ2) is 11.1. The van der Waals surface area contributed by atoms with Crippen molar-refractivity contribution in [3.63, 3.8) is 0 Å². The molecule has 1 aliphatic rings. The topological polar surface area (TPSA) is 85.2 Å². The summed E-state index contributed by atoms with van der Waals surface area (Å²) >= 11 is 0. The summed E-state index contributed by atoms with van der Waals surface area (Å²) < 4.78 is 26.8. The van der Waals surface area contributed by atoms with E-state index in [-0.39, 0.29) is 18.7 Å². The Balaban J connectivity index is 0.000000396. The van der Waals surface area contributed by atoms with Gasteiger partial charge >= 0.3 is 6.03 Å². The molecule has 174 valence electrons. The molecule has 34 heavy (non-hydrogen) atoms. The Morgan fingerprint density at radius 3 is 2.50 bits per heavy atom. The molecule has 1 heterocycles. The van der Waals surface area contributed by atoms with E-state index in [0.717, 1.165) is 17.7 Å². The fraction of sp³-hybridized carbons (Fsp3) is 0.192. The van der Waals surface area contributed by atoms with E-state index < -0.39 is 29.6 Å². The first-order chi connectivity index (χ1) is 16.3. The van der Waals surface area contributed by atoms with Crippen LogP contribution in [0.5, 0.6) is 0 Å². The molecule has 0 saturated carbocycles. The summed E-state index contributed by atoms with van der Waals surface area (Å²) in [5.41, 5.74) is 3.24. The minimum atomic E-state index is -0.753. The van der Waals surface area contributed by atoms with Gasteiger partial charge in [0.2, 0.25) is 5.91 Å². The van der Waals surface area contributed by atoms with E-state index in [9.17, 15) is 18.4 Å². The van der Waals surface area contributed by atoms with Crippen LogP contribution in [-0.4, -0.2) is 23.4 Å². The zero-order valence-electron chi connectivity index (χ0n) is 18.8. The van der Waals surface area contributed by atoms with Crippen molar-refractivity contribution in [3.05, 3.63) is 101 Å². The molecule has 0 saturated heterocycles. The predicted molar refractivity (Wildman–Crippen MR) is 125 cm³/mol. The maximum atomic E-state index is 13.8. The van der Waals surface area contributed by atoms with Gasteiger partial charge in [-0.25, -0.2) is 13.6 Å². The number of fused-ring (bicyclic) bond motifs is 1. The number of urea groups is 1. The van der Waals surface area contributed by atoms with Crippen molar-refractivity contribution < 1.29 is 18.4 Å². The average Bonchev–Trinajstić information content (AvgIpc) is 2.80. The standard InChI is InChI=1S/C19H16F2N4O2.C7H8/c1-11(15-4-3-14(20)7-16(15)21)23-18(26)10-25-9-13-6-12(8-22)2-5-17(13)24-19(25)27;1-7-5-3-2-4-6-7/h2-7,11H,9-10H2,1H3,(H,23,26)(H,24,27);2-6H,1H3. The van der Waals surface area contributed by atoms with Crippen LogP contribution < -0.4 is 10.6 Å². The lowest BCUT2D eigenvalue weighted by molar-refractivity contribution is -0.122. The van der Waals surface area contributed by atoms with Crippen LogP contribution in [0.15, 0.2) is 66.7 Å². The quantitative estimate of drug-likeness (QED) is 0.569. The number of benzene rings is 3. The SMILES string of the molecule is CC(NC(=O)CN1Cc2cc(C#N)ccc2NC1=O)c1ccc(F)cc1F.Cc1ccccc1. The van der Waals surface area contributed by atoms with Crippen molar-refractivity contribution in [2.45, 2.75) is 26.4 Å². The normalized spacial score (nSPS) is 12.9. The first-order valence-electron chi connectivity index (χ1n) is 10.6. The molecule has 3 aromatic rings. The third kappa shape index (κ3) is 6.39. The monoisotopic (exact) mass is 462 g/mol. The Hall–Kier alpha value is -4.25. The number of carbonyl (C=O) groups is 2. The highest BCUT2D eigenvalue weighted by molar-refractivity contribution is 5.95. The Bertz CT molecular complexity index is 1230. The second-order valence-corrected chi connectivity index (χ2v) is 7.88. The van der Waals surface area contributed by atoms with Gasteiger partial charge in [-0.15, -0.1) is 0 Å². The van der Waals surface area contributed by atoms with E-state index in [1.54, 1.807) is 25.1 Å². The highest BCUT2D eigenvalue weighted by atomic mass is 19.1. The van der Waals surface area contributed by atoms with Crippen LogP contribution in [-0.2, 0) is 11.3 Å². The van der Waals surface area contributed by atoms with Crippen LogP contribution in [0.4, 0.5) is 19.3 Å². The smallest absolute Gasteiger partial charge is 0.322 e. The number of rotatable bonds is 4. The zero-order chi connectivity index (χ0) is 24.7. The summed E-state index contributed by atoms with van der Waals surface area (Å²) in [7, 11) is 0. The van der Waals surface area contributed by atoms with Crippen molar-refractivity contribution in [1.82, 2.24) is 10.2 Å². The maximum absolute atomic E-state index is 13.8. The van der Waals surface area contributed by atoms with E-state index in [4.69, 9.17) is 5.26 Å². The predicted octanol–water partition coefficient (Wildman–Crippen LogP) is 5.06. The van der Waals surface area contributed by atoms with Crippen molar-refractivity contribution in [2.75, 3.05) is 11.9 Å². The minimum Gasteiger partial charge on any atom is -0.348 e. The number of nitrogens with zero attached hydrogens (tertiary/aromatic N) is 2. The highest BCUT2D eigenvalue weighted by Crippen LogP contribution is 2.24. The van der Waals surface area contributed by atoms with Gasteiger partial charge in [-0.1, -0.05) is 42.0 Å². The molecule has 0 aromatic heterocycles. The van der Waals surface area contributed by atoms with Crippen LogP contribution in [0.25, 0.3) is 0 Å². The number of hydrogen-bond acceptors (Lipinski definition) is 3. The molecule has 1 unspecified atom stereocenters. The molecule has 0 spiro atoms. The lowest BCUT2D eigenvalue weighted by Crippen LogP contribution is -2.45. The number of carbonyl (C=O) groups excluding carboxylic acids is 2. The molecular weight excluding hydrogens is 438 g/mol. The van der Waals surface area contributed by atoms with Gasteiger partial charge in [0.15, 0.2) is 0 Å². The average molecular weight is 463 g/mol. The van der Waals surface area contributed by atoms with Crippen LogP contribution >= 0.6 is 0 Å². The molecule has 0 aliphatic carbocycles. The van der Waals surface area contributed by atoms with Gasteiger partial charge in [0.1, 0.15) is 18.2 Å². The number of hydrogen-bond donors (Lipinski definition) is 2. The summed E-state index contributed by atoms with van der Waals surface area (Å²) in [5.74, 6) is -1.94. The Kier molecular flexibility index (Phi) is 7.93. The third-order valence-corrected chi connectivity index (χ3v) is 5.21. The molecular formula is C26H24F2N4O2. The van der Waals surface area contributed by atoms with Crippen LogP contribution in [0, 0.1) is 29.9 Å². The summed E-state index contributed by atoms with van der Waals surface area (Å²) in [6.07, 6.45) is 0. The third-order valence-electron chi connectivity index (χ3n) is 5.21. The number of nitriles is 1. The molecule has 0 fully saturated rings. The van der Waals surface area contributed by atoms with Gasteiger partial charge in [0, 0.05) is 17.3 Å². The Labute approximate surface area is 196 Å². The van der Waals surface area contributed by atoms with Crippen molar-refractivity contribution >= 4 is 17.6 Å². The van der Waals surface area contributed by atoms with E-state index >= 15 is 0 Å². The molecule has 8 heteroatoms. The van der Waals surface area contributed by atoms with Crippen molar-refractivity contribution in [1.29, 1.82) is 5.26 Å². The molecule has 3 amide bonds. The number of halogens is 2. The van der Waals surface area contributed by atoms with Gasteiger partial charge in [-0.2, -0.15) is 5.26 Å². The highest BCUT2D eigenvalue weighted by Gasteiger charge is 2.25. The van der Waals surface area contributed by atoms with Gasteiger partial charge in [0.05, 0.1) is 24.2 Å². The molecule has 3 aromatic carbocycles. The number of aryl methyl sites for hydroxylation is 1. The van der Waals surface area contributed by atoms with Crippen molar-refractivity contribution in [3.8, 4) is 6.07 Å². The largest absolute Gasteiger partial charge is 0.348 e.